The number of hydrogen-bond acceptors (Lipinski definition) is 1. The maximum atomic E-state index is 12.0. The fraction of sp³-hybridized carbons (Fsp3) is 0.562. The van der Waals surface area contributed by atoms with Gasteiger partial charge in [-0.1, -0.05) is 51.8 Å². The van der Waals surface area contributed by atoms with Gasteiger partial charge in [0.15, 0.2) is 0 Å². The summed E-state index contributed by atoms with van der Waals surface area (Å²) in [6, 6.07) is 8.28. The van der Waals surface area contributed by atoms with Crippen LogP contribution in [0.2, 0.25) is 0 Å². The molecule has 2 amide bonds. The van der Waals surface area contributed by atoms with Crippen molar-refractivity contribution in [1.82, 2.24) is 5.32 Å². The Kier molecular flexibility index (Phi) is 4.13. The standard InChI is InChI=1S/C16H24N2O/c1-16(2,3)13-10-6-7-11-14(13)18-15(19)17-12-8-4-5-9-12/h6-7,10-12H,4-5,8-9H2,1-3H3,(H2,17,18,19). The second-order valence-corrected chi connectivity index (χ2v) is 6.38. The van der Waals surface area contributed by atoms with Gasteiger partial charge >= 0.3 is 6.03 Å². The number of hydrogen-bond donors (Lipinski definition) is 2. The van der Waals surface area contributed by atoms with Crippen LogP contribution >= 0.6 is 0 Å². The lowest BCUT2D eigenvalue weighted by Crippen LogP contribution is -2.36. The van der Waals surface area contributed by atoms with Crippen molar-refractivity contribution in [1.29, 1.82) is 0 Å². The van der Waals surface area contributed by atoms with E-state index in [9.17, 15) is 4.79 Å². The highest BCUT2D eigenvalue weighted by Gasteiger charge is 2.20. The van der Waals surface area contributed by atoms with Gasteiger partial charge in [0.05, 0.1) is 0 Å². The van der Waals surface area contributed by atoms with E-state index in [-0.39, 0.29) is 11.4 Å². The highest BCUT2D eigenvalue weighted by Crippen LogP contribution is 2.29. The lowest BCUT2D eigenvalue weighted by molar-refractivity contribution is 0.248. The van der Waals surface area contributed by atoms with Crippen LogP contribution < -0.4 is 10.6 Å². The second-order valence-electron chi connectivity index (χ2n) is 6.38. The van der Waals surface area contributed by atoms with Crippen LogP contribution in [-0.4, -0.2) is 12.1 Å². The average Bonchev–Trinajstić information content (AvgIpc) is 2.81. The molecule has 0 heterocycles. The molecule has 0 aromatic heterocycles. The van der Waals surface area contributed by atoms with Gasteiger partial charge in [0, 0.05) is 11.7 Å². The van der Waals surface area contributed by atoms with E-state index in [1.54, 1.807) is 0 Å². The van der Waals surface area contributed by atoms with Crippen molar-refractivity contribution in [2.45, 2.75) is 57.9 Å². The zero-order chi connectivity index (χ0) is 13.9. The van der Waals surface area contributed by atoms with Gasteiger partial charge in [0.25, 0.3) is 0 Å². The molecule has 1 saturated carbocycles. The molecule has 0 unspecified atom stereocenters. The Morgan fingerprint density at radius 1 is 1.16 bits per heavy atom. The van der Waals surface area contributed by atoms with Gasteiger partial charge in [-0.15, -0.1) is 0 Å². The number of carbonyl (C=O) groups is 1. The number of urea groups is 1. The van der Waals surface area contributed by atoms with Crippen LogP contribution in [0.5, 0.6) is 0 Å². The Hall–Kier alpha value is -1.51. The first-order chi connectivity index (χ1) is 8.97. The smallest absolute Gasteiger partial charge is 0.319 e. The van der Waals surface area contributed by atoms with E-state index in [2.05, 4.69) is 37.5 Å². The molecule has 2 rings (SSSR count). The molecule has 0 radical (unpaired) electrons. The Bertz CT molecular complexity index is 442. The summed E-state index contributed by atoms with van der Waals surface area (Å²) in [4.78, 5) is 12.0. The molecule has 1 aromatic rings. The van der Waals surface area contributed by atoms with Crippen LogP contribution in [-0.2, 0) is 5.41 Å². The van der Waals surface area contributed by atoms with Crippen LogP contribution in [0.15, 0.2) is 24.3 Å². The minimum absolute atomic E-state index is 0.0250. The first-order valence-corrected chi connectivity index (χ1v) is 7.14. The van der Waals surface area contributed by atoms with E-state index in [1.807, 2.05) is 18.2 Å². The third kappa shape index (κ3) is 3.72. The van der Waals surface area contributed by atoms with Gasteiger partial charge in [-0.3, -0.25) is 0 Å². The molecule has 1 aliphatic carbocycles. The lowest BCUT2D eigenvalue weighted by atomic mass is 9.86. The Morgan fingerprint density at radius 3 is 2.42 bits per heavy atom. The topological polar surface area (TPSA) is 41.1 Å². The summed E-state index contributed by atoms with van der Waals surface area (Å²) in [6.07, 6.45) is 4.66. The van der Waals surface area contributed by atoms with Crippen molar-refractivity contribution in [2.24, 2.45) is 0 Å². The summed E-state index contributed by atoms with van der Waals surface area (Å²) in [5.74, 6) is 0. The van der Waals surface area contributed by atoms with E-state index in [0.29, 0.717) is 6.04 Å². The van der Waals surface area contributed by atoms with E-state index in [4.69, 9.17) is 0 Å². The summed E-state index contributed by atoms with van der Waals surface area (Å²) in [7, 11) is 0. The number of carbonyl (C=O) groups excluding carboxylic acids is 1. The van der Waals surface area contributed by atoms with Crippen molar-refractivity contribution in [3.8, 4) is 0 Å². The molecule has 2 N–H and O–H groups in total. The highest BCUT2D eigenvalue weighted by molar-refractivity contribution is 5.90. The molecule has 0 saturated heterocycles. The lowest BCUT2D eigenvalue weighted by Gasteiger charge is -2.23. The van der Waals surface area contributed by atoms with Crippen molar-refractivity contribution in [3.05, 3.63) is 29.8 Å². The van der Waals surface area contributed by atoms with Crippen molar-refractivity contribution >= 4 is 11.7 Å². The van der Waals surface area contributed by atoms with E-state index in [0.717, 1.165) is 24.1 Å². The van der Waals surface area contributed by atoms with Crippen molar-refractivity contribution in [3.63, 3.8) is 0 Å². The molecule has 0 bridgehead atoms. The summed E-state index contributed by atoms with van der Waals surface area (Å²) in [5.41, 5.74) is 2.10. The predicted octanol–water partition coefficient (Wildman–Crippen LogP) is 4.05. The molecule has 3 nitrogen and oxygen atoms in total. The minimum atomic E-state index is -0.0800. The van der Waals surface area contributed by atoms with Gasteiger partial charge in [-0.25, -0.2) is 4.79 Å². The fourth-order valence-corrected chi connectivity index (χ4v) is 2.66. The third-order valence-electron chi connectivity index (χ3n) is 3.67. The Labute approximate surface area is 115 Å². The number of benzene rings is 1. The quantitative estimate of drug-likeness (QED) is 0.827. The fourth-order valence-electron chi connectivity index (χ4n) is 2.66. The summed E-state index contributed by atoms with van der Waals surface area (Å²) in [6.45, 7) is 6.47. The van der Waals surface area contributed by atoms with Crippen LogP contribution in [0.3, 0.4) is 0 Å². The van der Waals surface area contributed by atoms with Gasteiger partial charge in [-0.2, -0.15) is 0 Å². The molecule has 0 aliphatic heterocycles. The SMILES string of the molecule is CC(C)(C)c1ccccc1NC(=O)NC1CCCC1. The van der Waals surface area contributed by atoms with E-state index >= 15 is 0 Å². The summed E-state index contributed by atoms with van der Waals surface area (Å²) < 4.78 is 0. The zero-order valence-corrected chi connectivity index (χ0v) is 12.1. The number of rotatable bonds is 2. The number of para-hydroxylation sites is 1. The Balaban J connectivity index is 2.04. The normalized spacial score (nSPS) is 16.4. The van der Waals surface area contributed by atoms with Crippen LogP contribution in [0.4, 0.5) is 10.5 Å². The molecule has 19 heavy (non-hydrogen) atoms. The molecule has 1 aromatic carbocycles. The predicted molar refractivity (Wildman–Crippen MR) is 79.6 cm³/mol. The van der Waals surface area contributed by atoms with Gasteiger partial charge < -0.3 is 10.6 Å². The highest BCUT2D eigenvalue weighted by atomic mass is 16.2. The molecule has 1 fully saturated rings. The molecular formula is C16H24N2O. The van der Waals surface area contributed by atoms with Crippen LogP contribution in [0.25, 0.3) is 0 Å². The summed E-state index contributed by atoms with van der Waals surface area (Å²) >= 11 is 0. The first-order valence-electron chi connectivity index (χ1n) is 7.14. The molecule has 104 valence electrons. The molecule has 0 spiro atoms. The monoisotopic (exact) mass is 260 g/mol. The maximum Gasteiger partial charge on any atom is 0.319 e. The largest absolute Gasteiger partial charge is 0.335 e. The number of nitrogens with one attached hydrogen (secondary N) is 2. The number of amides is 2. The van der Waals surface area contributed by atoms with Gasteiger partial charge in [0.1, 0.15) is 0 Å². The van der Waals surface area contributed by atoms with Crippen LogP contribution in [0.1, 0.15) is 52.0 Å². The number of anilines is 1. The summed E-state index contributed by atoms with van der Waals surface area (Å²) in [5, 5.41) is 6.05. The first kappa shape index (κ1) is 13.9. The zero-order valence-electron chi connectivity index (χ0n) is 12.1. The van der Waals surface area contributed by atoms with Gasteiger partial charge in [-0.05, 0) is 29.9 Å². The minimum Gasteiger partial charge on any atom is -0.335 e. The molecular weight excluding hydrogens is 236 g/mol. The van der Waals surface area contributed by atoms with E-state index in [1.165, 1.54) is 12.8 Å². The van der Waals surface area contributed by atoms with E-state index < -0.39 is 0 Å². The molecule has 0 atom stereocenters. The Morgan fingerprint density at radius 2 is 1.79 bits per heavy atom. The molecule has 1 aliphatic rings. The van der Waals surface area contributed by atoms with Gasteiger partial charge in [0.2, 0.25) is 0 Å². The molecule has 3 heteroatoms. The van der Waals surface area contributed by atoms with Crippen molar-refractivity contribution in [2.75, 3.05) is 5.32 Å². The van der Waals surface area contributed by atoms with Crippen LogP contribution in [0, 0.1) is 0 Å². The average molecular weight is 260 g/mol. The second kappa shape index (κ2) is 5.64. The maximum absolute atomic E-state index is 12.0. The third-order valence-corrected chi connectivity index (χ3v) is 3.67. The van der Waals surface area contributed by atoms with Crippen molar-refractivity contribution < 1.29 is 4.79 Å².